The van der Waals surface area contributed by atoms with Crippen molar-refractivity contribution < 1.29 is 9.47 Å². The molecule has 0 amide bonds. The fourth-order valence-corrected chi connectivity index (χ4v) is 5.01. The molecule has 0 spiro atoms. The molecule has 8 nitrogen and oxygen atoms in total. The van der Waals surface area contributed by atoms with Crippen molar-refractivity contribution in [2.24, 2.45) is 0 Å². The predicted octanol–water partition coefficient (Wildman–Crippen LogP) is 4.45. The molecule has 5 rings (SSSR count). The zero-order chi connectivity index (χ0) is 25.2. The van der Waals surface area contributed by atoms with Crippen molar-refractivity contribution in [3.8, 4) is 11.5 Å². The van der Waals surface area contributed by atoms with Crippen molar-refractivity contribution in [3.63, 3.8) is 0 Å². The normalized spacial score (nSPS) is 14.9. The van der Waals surface area contributed by atoms with Crippen molar-refractivity contribution in [1.82, 2.24) is 15.0 Å². The number of aromatic nitrogens is 3. The van der Waals surface area contributed by atoms with Crippen LogP contribution in [0.4, 0.5) is 17.5 Å². The van der Waals surface area contributed by atoms with Crippen LogP contribution in [-0.2, 0) is 12.8 Å². The summed E-state index contributed by atoms with van der Waals surface area (Å²) in [4.78, 5) is 15.0. The highest BCUT2D eigenvalue weighted by Crippen LogP contribution is 2.47. The van der Waals surface area contributed by atoms with Crippen molar-refractivity contribution in [1.29, 1.82) is 0 Å². The average molecular weight is 503 g/mol. The molecule has 0 radical (unpaired) electrons. The molecule has 0 saturated heterocycles. The first-order valence-electron chi connectivity index (χ1n) is 11.6. The number of nitrogen functional groups attached to an aromatic ring is 2. The van der Waals surface area contributed by atoms with Gasteiger partial charge < -0.3 is 25.8 Å². The molecule has 2 aromatic heterocycles. The molecule has 0 saturated carbocycles. The Balaban J connectivity index is 1.71. The van der Waals surface area contributed by atoms with Crippen molar-refractivity contribution in [3.05, 3.63) is 93.9 Å². The molecule has 36 heavy (non-hydrogen) atoms. The van der Waals surface area contributed by atoms with E-state index < -0.39 is 0 Å². The average Bonchev–Trinajstić information content (AvgIpc) is 2.90. The molecule has 0 aliphatic carbocycles. The third kappa shape index (κ3) is 4.35. The summed E-state index contributed by atoms with van der Waals surface area (Å²) in [6.07, 6.45) is 4.87. The number of anilines is 3. The zero-order valence-electron chi connectivity index (χ0n) is 20.1. The fraction of sp³-hybridized carbons (Fsp3) is 0.222. The SMILES string of the molecule is COc1ccc(Cc2cnc(N)nc2N)c(N2CCc3ccccc3C2c2ccc(Cl)nc2)c1OC. The lowest BCUT2D eigenvalue weighted by molar-refractivity contribution is 0.354. The second-order valence-corrected chi connectivity index (χ2v) is 8.97. The summed E-state index contributed by atoms with van der Waals surface area (Å²) >= 11 is 6.14. The van der Waals surface area contributed by atoms with E-state index >= 15 is 0 Å². The Bertz CT molecular complexity index is 1400. The number of methoxy groups -OCH3 is 2. The molecule has 0 bridgehead atoms. The van der Waals surface area contributed by atoms with Crippen molar-refractivity contribution in [2.45, 2.75) is 18.9 Å². The Morgan fingerprint density at radius 1 is 0.972 bits per heavy atom. The number of nitrogens with two attached hydrogens (primary N) is 2. The Morgan fingerprint density at radius 3 is 2.53 bits per heavy atom. The summed E-state index contributed by atoms with van der Waals surface area (Å²) in [7, 11) is 3.29. The lowest BCUT2D eigenvalue weighted by Gasteiger charge is -2.41. The van der Waals surface area contributed by atoms with Gasteiger partial charge in [0, 0.05) is 30.9 Å². The van der Waals surface area contributed by atoms with Crippen LogP contribution >= 0.6 is 11.6 Å². The van der Waals surface area contributed by atoms with E-state index in [4.69, 9.17) is 32.5 Å². The van der Waals surface area contributed by atoms with Gasteiger partial charge in [0.15, 0.2) is 11.5 Å². The number of hydrogen-bond donors (Lipinski definition) is 2. The van der Waals surface area contributed by atoms with E-state index in [1.54, 1.807) is 20.4 Å². The number of nitrogens with zero attached hydrogens (tertiary/aromatic N) is 4. The first kappa shape index (κ1) is 23.7. The number of rotatable bonds is 6. The van der Waals surface area contributed by atoms with Gasteiger partial charge in [-0.2, -0.15) is 4.98 Å². The summed E-state index contributed by atoms with van der Waals surface area (Å²) in [6.45, 7) is 0.758. The number of benzene rings is 2. The number of hydrogen-bond acceptors (Lipinski definition) is 8. The van der Waals surface area contributed by atoms with E-state index in [1.807, 2.05) is 30.5 Å². The van der Waals surface area contributed by atoms with Crippen LogP contribution in [0.3, 0.4) is 0 Å². The molecule has 1 atom stereocenters. The Labute approximate surface area is 214 Å². The minimum atomic E-state index is -0.112. The highest BCUT2D eigenvalue weighted by atomic mass is 35.5. The first-order chi connectivity index (χ1) is 17.5. The molecule has 4 N–H and O–H groups in total. The minimum absolute atomic E-state index is 0.112. The molecule has 2 aromatic carbocycles. The van der Waals surface area contributed by atoms with Gasteiger partial charge in [-0.25, -0.2) is 9.97 Å². The maximum absolute atomic E-state index is 6.20. The second-order valence-electron chi connectivity index (χ2n) is 8.58. The molecular weight excluding hydrogens is 476 g/mol. The van der Waals surface area contributed by atoms with Crippen LogP contribution in [0.15, 0.2) is 60.9 Å². The molecule has 3 heterocycles. The highest BCUT2D eigenvalue weighted by molar-refractivity contribution is 6.29. The van der Waals surface area contributed by atoms with Crippen LogP contribution in [0.25, 0.3) is 0 Å². The fourth-order valence-electron chi connectivity index (χ4n) is 4.90. The predicted molar refractivity (Wildman–Crippen MR) is 142 cm³/mol. The van der Waals surface area contributed by atoms with Gasteiger partial charge in [0.2, 0.25) is 5.95 Å². The molecule has 4 aromatic rings. The van der Waals surface area contributed by atoms with Gasteiger partial charge >= 0.3 is 0 Å². The summed E-state index contributed by atoms with van der Waals surface area (Å²) in [6, 6.07) is 16.2. The van der Waals surface area contributed by atoms with Gasteiger partial charge in [-0.3, -0.25) is 0 Å². The molecular formula is C27H27ClN6O2. The lowest BCUT2D eigenvalue weighted by atomic mass is 9.87. The van der Waals surface area contributed by atoms with Gasteiger partial charge in [0.05, 0.1) is 25.9 Å². The standard InChI is InChI=1S/C27H27ClN6O2/c1-35-21-9-7-17(13-19-15-32-27(30)33-26(19)29)24(25(21)36-2)34-12-11-16-5-3-4-6-20(16)23(34)18-8-10-22(28)31-14-18/h3-10,14-15,23H,11-13H2,1-2H3,(H4,29,30,32,33). The molecule has 1 unspecified atom stereocenters. The van der Waals surface area contributed by atoms with Gasteiger partial charge in [-0.1, -0.05) is 48.0 Å². The van der Waals surface area contributed by atoms with Crippen molar-refractivity contribution in [2.75, 3.05) is 37.1 Å². The molecule has 184 valence electrons. The van der Waals surface area contributed by atoms with E-state index in [9.17, 15) is 0 Å². The number of fused-ring (bicyclic) bond motifs is 1. The number of pyridine rings is 1. The van der Waals surface area contributed by atoms with Gasteiger partial charge in [0.1, 0.15) is 11.0 Å². The maximum atomic E-state index is 6.20. The van der Waals surface area contributed by atoms with Crippen LogP contribution < -0.4 is 25.8 Å². The van der Waals surface area contributed by atoms with Crippen LogP contribution in [0.5, 0.6) is 11.5 Å². The van der Waals surface area contributed by atoms with E-state index in [0.717, 1.165) is 35.3 Å². The minimum Gasteiger partial charge on any atom is -0.493 e. The highest BCUT2D eigenvalue weighted by Gasteiger charge is 2.33. The van der Waals surface area contributed by atoms with Crippen LogP contribution in [-0.4, -0.2) is 35.7 Å². The largest absolute Gasteiger partial charge is 0.493 e. The smallest absolute Gasteiger partial charge is 0.221 e. The molecule has 9 heteroatoms. The maximum Gasteiger partial charge on any atom is 0.221 e. The monoisotopic (exact) mass is 502 g/mol. The quantitative estimate of drug-likeness (QED) is 0.372. The van der Waals surface area contributed by atoms with E-state index in [0.29, 0.717) is 28.9 Å². The van der Waals surface area contributed by atoms with E-state index in [-0.39, 0.29) is 12.0 Å². The molecule has 0 fully saturated rings. The summed E-state index contributed by atoms with van der Waals surface area (Å²) in [5.74, 6) is 1.79. The Hall–Kier alpha value is -4.04. The molecule has 1 aliphatic rings. The topological polar surface area (TPSA) is 112 Å². The summed E-state index contributed by atoms with van der Waals surface area (Å²) in [5.41, 5.74) is 18.2. The lowest BCUT2D eigenvalue weighted by Crippen LogP contribution is -2.37. The Morgan fingerprint density at radius 2 is 1.81 bits per heavy atom. The van der Waals surface area contributed by atoms with E-state index in [1.165, 1.54) is 11.1 Å². The number of halogens is 1. The van der Waals surface area contributed by atoms with Gasteiger partial charge in [0.25, 0.3) is 0 Å². The van der Waals surface area contributed by atoms with Gasteiger partial charge in [-0.05, 0) is 40.8 Å². The Kier molecular flexibility index (Phi) is 6.52. The van der Waals surface area contributed by atoms with Gasteiger partial charge in [-0.15, -0.1) is 0 Å². The zero-order valence-corrected chi connectivity index (χ0v) is 20.9. The summed E-state index contributed by atoms with van der Waals surface area (Å²) in [5, 5.41) is 0.452. The third-order valence-electron chi connectivity index (χ3n) is 6.54. The van der Waals surface area contributed by atoms with E-state index in [2.05, 4.69) is 44.1 Å². The van der Waals surface area contributed by atoms with Crippen LogP contribution in [0.2, 0.25) is 5.15 Å². The van der Waals surface area contributed by atoms with Crippen LogP contribution in [0.1, 0.15) is 33.9 Å². The molecule has 1 aliphatic heterocycles. The first-order valence-corrected chi connectivity index (χ1v) is 11.9. The second kappa shape index (κ2) is 9.91. The third-order valence-corrected chi connectivity index (χ3v) is 6.76. The van der Waals surface area contributed by atoms with Crippen molar-refractivity contribution >= 4 is 29.1 Å². The summed E-state index contributed by atoms with van der Waals surface area (Å²) < 4.78 is 11.6. The number of ether oxygens (including phenoxy) is 2. The van der Waals surface area contributed by atoms with Crippen LogP contribution in [0, 0.1) is 0 Å².